The van der Waals surface area contributed by atoms with Crippen molar-refractivity contribution in [2.24, 2.45) is 0 Å². The average molecular weight is 331 g/mol. The maximum Gasteiger partial charge on any atom is 0.194 e. The molecule has 2 aromatic rings. The van der Waals surface area contributed by atoms with Crippen molar-refractivity contribution in [2.75, 3.05) is 0 Å². The molecule has 1 N–H and O–H groups in total. The fourth-order valence-electron chi connectivity index (χ4n) is 1.79. The number of halogens is 4. The van der Waals surface area contributed by atoms with E-state index in [1.807, 2.05) is 13.0 Å². The van der Waals surface area contributed by atoms with Gasteiger partial charge in [-0.15, -0.1) is 0 Å². The summed E-state index contributed by atoms with van der Waals surface area (Å²) in [6.45, 7) is 1.81. The lowest BCUT2D eigenvalue weighted by Gasteiger charge is -2.15. The summed E-state index contributed by atoms with van der Waals surface area (Å²) in [7, 11) is 0. The van der Waals surface area contributed by atoms with E-state index < -0.39 is 23.6 Å². The molecule has 1 atom stereocenters. The van der Waals surface area contributed by atoms with Crippen LogP contribution in [0.3, 0.4) is 0 Å². The van der Waals surface area contributed by atoms with Crippen LogP contribution in [0.5, 0.6) is 0 Å². The number of aliphatic hydroxyl groups is 1. The second-order valence-corrected chi connectivity index (χ2v) is 5.05. The van der Waals surface area contributed by atoms with E-state index in [-0.39, 0.29) is 5.56 Å². The molecule has 0 spiro atoms. The molecule has 0 heterocycles. The van der Waals surface area contributed by atoms with Crippen LogP contribution in [-0.4, -0.2) is 5.11 Å². The van der Waals surface area contributed by atoms with Gasteiger partial charge in [-0.05, 0) is 24.6 Å². The summed E-state index contributed by atoms with van der Waals surface area (Å²) in [4.78, 5) is 0. The molecule has 2 rings (SSSR count). The van der Waals surface area contributed by atoms with E-state index in [0.717, 1.165) is 17.7 Å². The standard InChI is InChI=1S/C14H10BrF3O/c1-7-2-4-10(15)9(6-7)14(19)8-3-5-11(16)13(18)12(8)17/h2-6,14,19H,1H3. The highest BCUT2D eigenvalue weighted by Gasteiger charge is 2.22. The second-order valence-electron chi connectivity index (χ2n) is 4.19. The fourth-order valence-corrected chi connectivity index (χ4v) is 2.26. The van der Waals surface area contributed by atoms with Crippen molar-refractivity contribution in [3.63, 3.8) is 0 Å². The van der Waals surface area contributed by atoms with Crippen LogP contribution in [0.1, 0.15) is 22.8 Å². The minimum atomic E-state index is -1.58. The molecule has 19 heavy (non-hydrogen) atoms. The van der Waals surface area contributed by atoms with Gasteiger partial charge in [0, 0.05) is 10.0 Å². The van der Waals surface area contributed by atoms with Crippen LogP contribution in [0.2, 0.25) is 0 Å². The molecule has 0 fully saturated rings. The molecule has 0 radical (unpaired) electrons. The predicted molar refractivity (Wildman–Crippen MR) is 69.3 cm³/mol. The summed E-state index contributed by atoms with van der Waals surface area (Å²) in [6.07, 6.45) is -1.37. The summed E-state index contributed by atoms with van der Waals surface area (Å²) in [5.41, 5.74) is 0.954. The van der Waals surface area contributed by atoms with Crippen LogP contribution in [-0.2, 0) is 0 Å². The molecule has 0 saturated carbocycles. The van der Waals surface area contributed by atoms with E-state index in [0.29, 0.717) is 10.0 Å². The number of hydrogen-bond donors (Lipinski definition) is 1. The molecule has 1 nitrogen and oxygen atoms in total. The Bertz CT molecular complexity index is 628. The van der Waals surface area contributed by atoms with E-state index in [9.17, 15) is 18.3 Å². The molecule has 100 valence electrons. The van der Waals surface area contributed by atoms with Gasteiger partial charge in [-0.3, -0.25) is 0 Å². The highest BCUT2D eigenvalue weighted by atomic mass is 79.9. The second kappa shape index (κ2) is 5.35. The van der Waals surface area contributed by atoms with Crippen molar-refractivity contribution in [3.05, 3.63) is 68.9 Å². The normalized spacial score (nSPS) is 12.5. The Hall–Kier alpha value is -1.33. The summed E-state index contributed by atoms with van der Waals surface area (Å²) in [5, 5.41) is 10.1. The van der Waals surface area contributed by atoms with E-state index in [2.05, 4.69) is 15.9 Å². The maximum atomic E-state index is 13.6. The van der Waals surface area contributed by atoms with E-state index in [1.54, 1.807) is 12.1 Å². The zero-order valence-electron chi connectivity index (χ0n) is 9.92. The third-order valence-electron chi connectivity index (χ3n) is 2.81. The van der Waals surface area contributed by atoms with Crippen molar-refractivity contribution < 1.29 is 18.3 Å². The quantitative estimate of drug-likeness (QED) is 0.816. The molecule has 0 aliphatic rings. The Morgan fingerprint density at radius 1 is 1.00 bits per heavy atom. The molecule has 0 bridgehead atoms. The third kappa shape index (κ3) is 2.67. The number of benzene rings is 2. The van der Waals surface area contributed by atoms with Gasteiger partial charge < -0.3 is 5.11 Å². The van der Waals surface area contributed by atoms with Gasteiger partial charge in [0.15, 0.2) is 17.5 Å². The van der Waals surface area contributed by atoms with Gasteiger partial charge in [0.1, 0.15) is 6.10 Å². The highest BCUT2D eigenvalue weighted by molar-refractivity contribution is 9.10. The van der Waals surface area contributed by atoms with Crippen molar-refractivity contribution >= 4 is 15.9 Å². The lowest BCUT2D eigenvalue weighted by atomic mass is 9.99. The SMILES string of the molecule is Cc1ccc(Br)c(C(O)c2ccc(F)c(F)c2F)c1. The van der Waals surface area contributed by atoms with Gasteiger partial charge >= 0.3 is 0 Å². The molecule has 0 saturated heterocycles. The number of aliphatic hydroxyl groups excluding tert-OH is 1. The number of hydrogen-bond acceptors (Lipinski definition) is 1. The van der Waals surface area contributed by atoms with Gasteiger partial charge in [0.05, 0.1) is 0 Å². The summed E-state index contributed by atoms with van der Waals surface area (Å²) in [5.74, 6) is -4.24. The highest BCUT2D eigenvalue weighted by Crippen LogP contribution is 2.31. The van der Waals surface area contributed by atoms with Gasteiger partial charge in [0.25, 0.3) is 0 Å². The van der Waals surface area contributed by atoms with Crippen LogP contribution in [0.4, 0.5) is 13.2 Å². The molecule has 0 amide bonds. The first-order valence-electron chi connectivity index (χ1n) is 5.49. The predicted octanol–water partition coefficient (Wildman–Crippen LogP) is 4.26. The number of aryl methyl sites for hydroxylation is 1. The first-order chi connectivity index (χ1) is 8.91. The maximum absolute atomic E-state index is 13.6. The Morgan fingerprint density at radius 3 is 2.37 bits per heavy atom. The van der Waals surface area contributed by atoms with Crippen LogP contribution >= 0.6 is 15.9 Å². The number of rotatable bonds is 2. The fraction of sp³-hybridized carbons (Fsp3) is 0.143. The minimum absolute atomic E-state index is 0.301. The Balaban J connectivity index is 2.53. The van der Waals surface area contributed by atoms with Crippen LogP contribution in [0.15, 0.2) is 34.8 Å². The van der Waals surface area contributed by atoms with Crippen LogP contribution in [0, 0.1) is 24.4 Å². The molecule has 0 aliphatic carbocycles. The first kappa shape index (κ1) is 14.1. The molecular weight excluding hydrogens is 321 g/mol. The molecule has 1 unspecified atom stereocenters. The Kier molecular flexibility index (Phi) is 3.96. The van der Waals surface area contributed by atoms with E-state index >= 15 is 0 Å². The minimum Gasteiger partial charge on any atom is -0.384 e. The van der Waals surface area contributed by atoms with Crippen molar-refractivity contribution in [2.45, 2.75) is 13.0 Å². The largest absolute Gasteiger partial charge is 0.384 e. The Labute approximate surface area is 116 Å². The Morgan fingerprint density at radius 2 is 1.68 bits per heavy atom. The van der Waals surface area contributed by atoms with Crippen molar-refractivity contribution in [1.82, 2.24) is 0 Å². The molecule has 5 heteroatoms. The van der Waals surface area contributed by atoms with Gasteiger partial charge in [-0.1, -0.05) is 39.7 Å². The summed E-state index contributed by atoms with van der Waals surface area (Å²) < 4.78 is 40.2. The molecule has 2 aromatic carbocycles. The van der Waals surface area contributed by atoms with E-state index in [1.165, 1.54) is 0 Å². The lowest BCUT2D eigenvalue weighted by Crippen LogP contribution is -2.06. The van der Waals surface area contributed by atoms with Crippen LogP contribution < -0.4 is 0 Å². The lowest BCUT2D eigenvalue weighted by molar-refractivity contribution is 0.212. The monoisotopic (exact) mass is 330 g/mol. The van der Waals surface area contributed by atoms with E-state index in [4.69, 9.17) is 0 Å². The smallest absolute Gasteiger partial charge is 0.194 e. The van der Waals surface area contributed by atoms with Crippen LogP contribution in [0.25, 0.3) is 0 Å². The third-order valence-corrected chi connectivity index (χ3v) is 3.53. The summed E-state index contributed by atoms with van der Waals surface area (Å²) in [6, 6.07) is 6.98. The molecular formula is C14H10BrF3O. The first-order valence-corrected chi connectivity index (χ1v) is 6.28. The van der Waals surface area contributed by atoms with Crippen molar-refractivity contribution in [3.8, 4) is 0 Å². The van der Waals surface area contributed by atoms with Crippen molar-refractivity contribution in [1.29, 1.82) is 0 Å². The zero-order chi connectivity index (χ0) is 14.2. The van der Waals surface area contributed by atoms with Gasteiger partial charge in [-0.2, -0.15) is 0 Å². The average Bonchev–Trinajstić information content (AvgIpc) is 2.38. The zero-order valence-corrected chi connectivity index (χ0v) is 11.5. The van der Waals surface area contributed by atoms with Gasteiger partial charge in [0.2, 0.25) is 0 Å². The summed E-state index contributed by atoms with van der Waals surface area (Å²) >= 11 is 3.24. The molecule has 0 aromatic heterocycles. The van der Waals surface area contributed by atoms with Gasteiger partial charge in [-0.25, -0.2) is 13.2 Å². The molecule has 0 aliphatic heterocycles. The topological polar surface area (TPSA) is 20.2 Å².